The van der Waals surface area contributed by atoms with Gasteiger partial charge in [-0.3, -0.25) is 4.79 Å². The molecular weight excluding hydrogens is 322 g/mol. The number of anilines is 1. The zero-order valence-electron chi connectivity index (χ0n) is 15.1. The molecule has 0 aromatic heterocycles. The molecule has 7 heteroatoms. The lowest BCUT2D eigenvalue weighted by Crippen LogP contribution is -2.36. The highest BCUT2D eigenvalue weighted by Crippen LogP contribution is 2.26. The minimum Gasteiger partial charge on any atom is -0.495 e. The van der Waals surface area contributed by atoms with Crippen LogP contribution in [0.5, 0.6) is 5.75 Å². The Balaban J connectivity index is 2.06. The van der Waals surface area contributed by atoms with Gasteiger partial charge >= 0.3 is 6.03 Å². The summed E-state index contributed by atoms with van der Waals surface area (Å²) in [5.41, 5.74) is 1.02. The van der Waals surface area contributed by atoms with Crippen LogP contribution in [0.3, 0.4) is 0 Å². The molecule has 1 aliphatic heterocycles. The second kappa shape index (κ2) is 9.27. The molecule has 1 saturated heterocycles. The number of urea groups is 1. The Morgan fingerprint density at radius 1 is 1.24 bits per heavy atom. The summed E-state index contributed by atoms with van der Waals surface area (Å²) in [6, 6.07) is 4.73. The van der Waals surface area contributed by atoms with Crippen molar-refractivity contribution in [3.8, 4) is 5.75 Å². The molecule has 0 saturated carbocycles. The zero-order valence-corrected chi connectivity index (χ0v) is 15.1. The largest absolute Gasteiger partial charge is 0.495 e. The van der Waals surface area contributed by atoms with E-state index in [9.17, 15) is 9.59 Å². The van der Waals surface area contributed by atoms with E-state index in [-0.39, 0.29) is 18.0 Å². The van der Waals surface area contributed by atoms with Gasteiger partial charge in [0.15, 0.2) is 0 Å². The molecule has 2 rings (SSSR count). The number of ether oxygens (including phenoxy) is 2. The van der Waals surface area contributed by atoms with Crippen LogP contribution >= 0.6 is 0 Å². The van der Waals surface area contributed by atoms with E-state index >= 15 is 0 Å². The number of benzene rings is 1. The Hall–Kier alpha value is -2.28. The molecule has 138 valence electrons. The number of nitrogens with one attached hydrogen (secondary N) is 2. The topological polar surface area (TPSA) is 79.9 Å². The Morgan fingerprint density at radius 2 is 1.96 bits per heavy atom. The third kappa shape index (κ3) is 5.35. The number of methoxy groups -OCH3 is 2. The van der Waals surface area contributed by atoms with Crippen LogP contribution < -0.4 is 15.4 Å². The molecule has 0 spiro atoms. The molecule has 1 unspecified atom stereocenters. The maximum atomic E-state index is 12.5. The van der Waals surface area contributed by atoms with Crippen LogP contribution in [0, 0.1) is 0 Å². The van der Waals surface area contributed by atoms with Gasteiger partial charge in [-0.05, 0) is 44.4 Å². The standard InChI is InChI=1S/C18H27N3O4/c1-13(8-11-24-2)19-18(23)20-15-12-14(6-7-16(15)25-3)17(22)21-9-4-5-10-21/h6-7,12-13H,4-5,8-11H2,1-3H3,(H2,19,20,23). The van der Waals surface area contributed by atoms with Crippen molar-refractivity contribution in [3.05, 3.63) is 23.8 Å². The van der Waals surface area contributed by atoms with E-state index in [0.717, 1.165) is 25.9 Å². The maximum Gasteiger partial charge on any atom is 0.319 e. The van der Waals surface area contributed by atoms with Gasteiger partial charge < -0.3 is 25.0 Å². The van der Waals surface area contributed by atoms with Crippen molar-refractivity contribution < 1.29 is 19.1 Å². The number of rotatable bonds is 7. The predicted molar refractivity (Wildman–Crippen MR) is 96.2 cm³/mol. The summed E-state index contributed by atoms with van der Waals surface area (Å²) in [5.74, 6) is 0.495. The second-order valence-electron chi connectivity index (χ2n) is 6.20. The molecule has 1 aromatic rings. The molecule has 1 fully saturated rings. The van der Waals surface area contributed by atoms with Crippen molar-refractivity contribution >= 4 is 17.6 Å². The summed E-state index contributed by atoms with van der Waals surface area (Å²) in [7, 11) is 3.15. The van der Waals surface area contributed by atoms with E-state index in [0.29, 0.717) is 30.0 Å². The fourth-order valence-corrected chi connectivity index (χ4v) is 2.79. The SMILES string of the molecule is COCCC(C)NC(=O)Nc1cc(C(=O)N2CCCC2)ccc1OC. The zero-order chi connectivity index (χ0) is 18.2. The number of nitrogens with zero attached hydrogens (tertiary/aromatic N) is 1. The van der Waals surface area contributed by atoms with Crippen LogP contribution in [-0.2, 0) is 4.74 Å². The van der Waals surface area contributed by atoms with Crippen molar-refractivity contribution in [1.82, 2.24) is 10.2 Å². The van der Waals surface area contributed by atoms with Gasteiger partial charge in [0.05, 0.1) is 12.8 Å². The lowest BCUT2D eigenvalue weighted by Gasteiger charge is -2.18. The summed E-state index contributed by atoms with van der Waals surface area (Å²) in [5, 5.41) is 5.61. The summed E-state index contributed by atoms with van der Waals surface area (Å²) in [6.45, 7) is 4.05. The molecule has 0 radical (unpaired) electrons. The fraction of sp³-hybridized carbons (Fsp3) is 0.556. The van der Waals surface area contributed by atoms with E-state index in [1.54, 1.807) is 25.3 Å². The Bertz CT molecular complexity index is 600. The first kappa shape index (κ1) is 19.1. The van der Waals surface area contributed by atoms with Crippen molar-refractivity contribution in [2.45, 2.75) is 32.2 Å². The lowest BCUT2D eigenvalue weighted by atomic mass is 10.1. The third-order valence-corrected chi connectivity index (χ3v) is 4.22. The lowest BCUT2D eigenvalue weighted by molar-refractivity contribution is 0.0793. The van der Waals surface area contributed by atoms with E-state index in [1.807, 2.05) is 11.8 Å². The molecule has 0 bridgehead atoms. The van der Waals surface area contributed by atoms with Gasteiger partial charge in [0.25, 0.3) is 5.91 Å². The average molecular weight is 349 g/mol. The first-order chi connectivity index (χ1) is 12.0. The smallest absolute Gasteiger partial charge is 0.319 e. The van der Waals surface area contributed by atoms with Gasteiger partial charge in [-0.25, -0.2) is 4.79 Å². The number of amides is 3. The van der Waals surface area contributed by atoms with Gasteiger partial charge in [-0.2, -0.15) is 0 Å². The highest BCUT2D eigenvalue weighted by Gasteiger charge is 2.21. The molecular formula is C18H27N3O4. The van der Waals surface area contributed by atoms with Gasteiger partial charge in [0, 0.05) is 38.4 Å². The van der Waals surface area contributed by atoms with E-state index in [2.05, 4.69) is 10.6 Å². The molecule has 2 N–H and O–H groups in total. The van der Waals surface area contributed by atoms with Crippen LogP contribution in [-0.4, -0.2) is 56.8 Å². The normalized spacial score (nSPS) is 14.9. The number of hydrogen-bond acceptors (Lipinski definition) is 4. The van der Waals surface area contributed by atoms with Crippen LogP contribution in [0.4, 0.5) is 10.5 Å². The summed E-state index contributed by atoms with van der Waals surface area (Å²) < 4.78 is 10.3. The Labute approximate surface area is 148 Å². The van der Waals surface area contributed by atoms with E-state index in [1.165, 1.54) is 7.11 Å². The van der Waals surface area contributed by atoms with E-state index < -0.39 is 0 Å². The van der Waals surface area contributed by atoms with Crippen molar-refractivity contribution in [2.75, 3.05) is 39.2 Å². The van der Waals surface area contributed by atoms with Gasteiger partial charge in [-0.15, -0.1) is 0 Å². The fourth-order valence-electron chi connectivity index (χ4n) is 2.79. The second-order valence-corrected chi connectivity index (χ2v) is 6.20. The van der Waals surface area contributed by atoms with Gasteiger partial charge in [0.1, 0.15) is 5.75 Å². The Morgan fingerprint density at radius 3 is 2.60 bits per heavy atom. The minimum atomic E-state index is -0.340. The first-order valence-electron chi connectivity index (χ1n) is 8.59. The number of likely N-dealkylation sites (tertiary alicyclic amines) is 1. The number of carbonyl (C=O) groups excluding carboxylic acids is 2. The number of hydrogen-bond donors (Lipinski definition) is 2. The quantitative estimate of drug-likeness (QED) is 0.792. The molecule has 1 aromatic carbocycles. The monoisotopic (exact) mass is 349 g/mol. The van der Waals surface area contributed by atoms with Crippen molar-refractivity contribution in [2.24, 2.45) is 0 Å². The third-order valence-electron chi connectivity index (χ3n) is 4.22. The molecule has 1 aliphatic rings. The summed E-state index contributed by atoms with van der Waals surface area (Å²) in [6.07, 6.45) is 2.79. The maximum absolute atomic E-state index is 12.5. The van der Waals surface area contributed by atoms with Crippen LogP contribution in [0.15, 0.2) is 18.2 Å². The van der Waals surface area contributed by atoms with Crippen LogP contribution in [0.1, 0.15) is 36.5 Å². The Kier molecular flexibility index (Phi) is 7.06. The predicted octanol–water partition coefficient (Wildman–Crippen LogP) is 2.48. The molecule has 1 atom stereocenters. The van der Waals surface area contributed by atoms with Crippen molar-refractivity contribution in [1.29, 1.82) is 0 Å². The minimum absolute atomic E-state index is 0.0166. The first-order valence-corrected chi connectivity index (χ1v) is 8.59. The highest BCUT2D eigenvalue weighted by molar-refractivity contribution is 5.98. The molecule has 25 heavy (non-hydrogen) atoms. The summed E-state index contributed by atoms with van der Waals surface area (Å²) in [4.78, 5) is 26.5. The summed E-state index contributed by atoms with van der Waals surface area (Å²) >= 11 is 0. The van der Waals surface area contributed by atoms with Gasteiger partial charge in [-0.1, -0.05) is 0 Å². The molecule has 0 aliphatic carbocycles. The number of carbonyl (C=O) groups is 2. The van der Waals surface area contributed by atoms with E-state index in [4.69, 9.17) is 9.47 Å². The van der Waals surface area contributed by atoms with Crippen molar-refractivity contribution in [3.63, 3.8) is 0 Å². The average Bonchev–Trinajstić information content (AvgIpc) is 3.13. The molecule has 1 heterocycles. The van der Waals surface area contributed by atoms with Gasteiger partial charge in [0.2, 0.25) is 0 Å². The molecule has 7 nitrogen and oxygen atoms in total. The van der Waals surface area contributed by atoms with Crippen LogP contribution in [0.2, 0.25) is 0 Å². The molecule has 3 amide bonds. The van der Waals surface area contributed by atoms with Crippen LogP contribution in [0.25, 0.3) is 0 Å². The highest BCUT2D eigenvalue weighted by atomic mass is 16.5.